The van der Waals surface area contributed by atoms with E-state index in [0.29, 0.717) is 11.1 Å². The van der Waals surface area contributed by atoms with Gasteiger partial charge in [-0.25, -0.2) is 9.87 Å². The van der Waals surface area contributed by atoms with E-state index in [-0.39, 0.29) is 11.9 Å². The molecule has 0 radical (unpaired) electrons. The lowest BCUT2D eigenvalue weighted by Crippen LogP contribution is -2.26. The number of carbonyl (C=O) groups excluding carboxylic acids is 2. The number of hydrogen-bond acceptors (Lipinski definition) is 3. The normalized spacial score (nSPS) is 14.2. The summed E-state index contributed by atoms with van der Waals surface area (Å²) in [5.41, 5.74) is 3.94. The molecule has 0 aliphatic heterocycles. The Bertz CT molecular complexity index is 900. The highest BCUT2D eigenvalue weighted by Gasteiger charge is 2.25. The first-order valence-corrected chi connectivity index (χ1v) is 8.56. The van der Waals surface area contributed by atoms with Crippen LogP contribution in [0.15, 0.2) is 54.6 Å². The van der Waals surface area contributed by atoms with E-state index in [9.17, 15) is 14.0 Å². The van der Waals surface area contributed by atoms with Gasteiger partial charge in [0.25, 0.3) is 11.8 Å². The average molecular weight is 366 g/mol. The van der Waals surface area contributed by atoms with E-state index in [1.807, 2.05) is 0 Å². The predicted octanol–water partition coefficient (Wildman–Crippen LogP) is 3.16. The summed E-state index contributed by atoms with van der Waals surface area (Å²) in [6.07, 6.45) is 6.38. The summed E-state index contributed by atoms with van der Waals surface area (Å²) in [7, 11) is 0. The SMILES string of the molecule is O=C(C=Cc1ccc(C=C(C(=O)NC2CC2)c2cccc(F)c2)cc1)NO. The summed E-state index contributed by atoms with van der Waals surface area (Å²) in [6, 6.07) is 13.3. The zero-order valence-electron chi connectivity index (χ0n) is 14.5. The molecule has 27 heavy (non-hydrogen) atoms. The van der Waals surface area contributed by atoms with Crippen molar-refractivity contribution in [3.63, 3.8) is 0 Å². The Hall–Kier alpha value is -3.25. The third kappa shape index (κ3) is 5.36. The van der Waals surface area contributed by atoms with Crippen molar-refractivity contribution in [1.29, 1.82) is 0 Å². The second-order valence-electron chi connectivity index (χ2n) is 6.29. The average Bonchev–Trinajstić information content (AvgIpc) is 3.49. The first kappa shape index (κ1) is 18.5. The lowest BCUT2D eigenvalue weighted by Gasteiger charge is -2.09. The molecule has 1 saturated carbocycles. The van der Waals surface area contributed by atoms with Crippen LogP contribution in [0.4, 0.5) is 4.39 Å². The fourth-order valence-corrected chi connectivity index (χ4v) is 2.51. The van der Waals surface area contributed by atoms with Crippen molar-refractivity contribution in [3.05, 3.63) is 77.1 Å². The summed E-state index contributed by atoms with van der Waals surface area (Å²) in [5.74, 6) is -1.25. The lowest BCUT2D eigenvalue weighted by atomic mass is 10.0. The van der Waals surface area contributed by atoms with Gasteiger partial charge in [0.05, 0.1) is 0 Å². The van der Waals surface area contributed by atoms with E-state index >= 15 is 0 Å². The molecule has 1 fully saturated rings. The summed E-state index contributed by atoms with van der Waals surface area (Å²) in [5, 5.41) is 11.4. The number of carbonyl (C=O) groups is 2. The number of nitrogens with one attached hydrogen (secondary N) is 2. The molecule has 0 aromatic heterocycles. The van der Waals surface area contributed by atoms with E-state index in [4.69, 9.17) is 5.21 Å². The van der Waals surface area contributed by atoms with Gasteiger partial charge in [-0.05, 0) is 53.8 Å². The van der Waals surface area contributed by atoms with Crippen molar-refractivity contribution in [1.82, 2.24) is 10.8 Å². The number of rotatable bonds is 6. The highest BCUT2D eigenvalue weighted by Crippen LogP contribution is 2.24. The first-order valence-electron chi connectivity index (χ1n) is 8.56. The number of hydrogen-bond donors (Lipinski definition) is 3. The number of benzene rings is 2. The van der Waals surface area contributed by atoms with Gasteiger partial charge in [-0.2, -0.15) is 0 Å². The Morgan fingerprint density at radius 1 is 1.07 bits per heavy atom. The van der Waals surface area contributed by atoms with Crippen molar-refractivity contribution in [2.24, 2.45) is 0 Å². The first-order chi connectivity index (χ1) is 13.0. The molecule has 0 atom stereocenters. The van der Waals surface area contributed by atoms with Crippen LogP contribution in [-0.2, 0) is 9.59 Å². The van der Waals surface area contributed by atoms with Crippen LogP contribution in [0.1, 0.15) is 29.5 Å². The van der Waals surface area contributed by atoms with Gasteiger partial charge in [0, 0.05) is 17.7 Å². The molecule has 5 nitrogen and oxygen atoms in total. The third-order valence-electron chi connectivity index (χ3n) is 4.08. The minimum Gasteiger partial charge on any atom is -0.349 e. The lowest BCUT2D eigenvalue weighted by molar-refractivity contribution is -0.124. The molecule has 6 heteroatoms. The molecule has 2 aromatic carbocycles. The van der Waals surface area contributed by atoms with E-state index < -0.39 is 11.7 Å². The fraction of sp³-hybridized carbons (Fsp3) is 0.143. The van der Waals surface area contributed by atoms with Gasteiger partial charge in [-0.15, -0.1) is 0 Å². The van der Waals surface area contributed by atoms with Crippen LogP contribution in [0.5, 0.6) is 0 Å². The number of halogens is 1. The quantitative estimate of drug-likeness (QED) is 0.318. The molecular formula is C21H19FN2O3. The van der Waals surface area contributed by atoms with Gasteiger partial charge in [0.1, 0.15) is 5.82 Å². The van der Waals surface area contributed by atoms with Gasteiger partial charge in [0.2, 0.25) is 0 Å². The second kappa shape index (κ2) is 8.42. The van der Waals surface area contributed by atoms with Crippen molar-refractivity contribution >= 4 is 29.5 Å². The Balaban J connectivity index is 1.87. The van der Waals surface area contributed by atoms with Crippen molar-refractivity contribution in [2.45, 2.75) is 18.9 Å². The molecule has 0 bridgehead atoms. The van der Waals surface area contributed by atoms with E-state index in [1.54, 1.807) is 48.6 Å². The molecule has 3 rings (SSSR count). The van der Waals surface area contributed by atoms with Crippen molar-refractivity contribution in [2.75, 3.05) is 0 Å². The Labute approximate surface area is 156 Å². The highest BCUT2D eigenvalue weighted by molar-refractivity contribution is 6.24. The maximum absolute atomic E-state index is 13.6. The van der Waals surface area contributed by atoms with Crippen molar-refractivity contribution in [3.8, 4) is 0 Å². The summed E-state index contributed by atoms with van der Waals surface area (Å²) in [4.78, 5) is 23.6. The molecule has 1 aliphatic rings. The van der Waals surface area contributed by atoms with Gasteiger partial charge < -0.3 is 5.32 Å². The molecule has 0 saturated heterocycles. The molecular weight excluding hydrogens is 347 g/mol. The Morgan fingerprint density at radius 2 is 1.78 bits per heavy atom. The van der Waals surface area contributed by atoms with Crippen LogP contribution in [0.3, 0.4) is 0 Å². The van der Waals surface area contributed by atoms with E-state index in [0.717, 1.165) is 24.0 Å². The van der Waals surface area contributed by atoms with Crippen LogP contribution in [0.25, 0.3) is 17.7 Å². The largest absolute Gasteiger partial charge is 0.349 e. The van der Waals surface area contributed by atoms with E-state index in [1.165, 1.54) is 23.7 Å². The molecule has 3 N–H and O–H groups in total. The zero-order chi connectivity index (χ0) is 19.2. The molecule has 138 valence electrons. The maximum atomic E-state index is 13.6. The smallest absolute Gasteiger partial charge is 0.267 e. The molecule has 0 unspecified atom stereocenters. The minimum atomic E-state index is -0.621. The second-order valence-corrected chi connectivity index (χ2v) is 6.29. The predicted molar refractivity (Wildman–Crippen MR) is 101 cm³/mol. The minimum absolute atomic E-state index is 0.194. The molecule has 2 amide bonds. The van der Waals surface area contributed by atoms with Crippen LogP contribution < -0.4 is 10.8 Å². The Morgan fingerprint density at radius 3 is 2.41 bits per heavy atom. The number of amides is 2. The van der Waals surface area contributed by atoms with Gasteiger partial charge >= 0.3 is 0 Å². The summed E-state index contributed by atoms with van der Waals surface area (Å²) >= 11 is 0. The molecule has 1 aliphatic carbocycles. The highest BCUT2D eigenvalue weighted by atomic mass is 19.1. The van der Waals surface area contributed by atoms with Gasteiger partial charge in [-0.3, -0.25) is 14.8 Å². The topological polar surface area (TPSA) is 78.4 Å². The number of hydroxylamine groups is 1. The molecule has 0 spiro atoms. The third-order valence-corrected chi connectivity index (χ3v) is 4.08. The van der Waals surface area contributed by atoms with Crippen molar-refractivity contribution < 1.29 is 19.2 Å². The van der Waals surface area contributed by atoms with Gasteiger partial charge in [-0.1, -0.05) is 36.4 Å². The van der Waals surface area contributed by atoms with Crippen LogP contribution >= 0.6 is 0 Å². The van der Waals surface area contributed by atoms with Crippen LogP contribution in [0, 0.1) is 5.82 Å². The molecule has 0 heterocycles. The fourth-order valence-electron chi connectivity index (χ4n) is 2.51. The Kier molecular flexibility index (Phi) is 5.78. The monoisotopic (exact) mass is 366 g/mol. The standard InChI is InChI=1S/C21H19FN2O3/c22-17-3-1-2-16(13-17)19(21(26)23-18-9-10-18)12-15-6-4-14(5-7-15)8-11-20(25)24-27/h1-8,11-13,18,27H,9-10H2,(H,23,26)(H,24,25). The van der Waals surface area contributed by atoms with Crippen LogP contribution in [-0.4, -0.2) is 23.1 Å². The summed E-state index contributed by atoms with van der Waals surface area (Å²) in [6.45, 7) is 0. The van der Waals surface area contributed by atoms with E-state index in [2.05, 4.69) is 5.32 Å². The van der Waals surface area contributed by atoms with Gasteiger partial charge in [0.15, 0.2) is 0 Å². The van der Waals surface area contributed by atoms with Crippen LogP contribution in [0.2, 0.25) is 0 Å². The zero-order valence-corrected chi connectivity index (χ0v) is 14.5. The maximum Gasteiger partial charge on any atom is 0.267 e. The summed E-state index contributed by atoms with van der Waals surface area (Å²) < 4.78 is 13.6. The molecule has 2 aromatic rings.